The zero-order chi connectivity index (χ0) is 52.7. The van der Waals surface area contributed by atoms with E-state index in [9.17, 15) is 36.7 Å². The molecule has 5 aromatic heterocycles. The molecule has 1 fully saturated rings. The number of pyridine rings is 3. The zero-order valence-electron chi connectivity index (χ0n) is 38.8. The van der Waals surface area contributed by atoms with Crippen LogP contribution in [0, 0.1) is 36.5 Å². The molecule has 0 aliphatic carbocycles. The topological polar surface area (TPSA) is 202 Å². The summed E-state index contributed by atoms with van der Waals surface area (Å²) in [6.45, 7) is 16.7. The number of esters is 1. The number of hydrogen-bond donors (Lipinski definition) is 1. The number of aromatic nitrogens is 5. The lowest BCUT2D eigenvalue weighted by Gasteiger charge is -2.29. The second-order valence-corrected chi connectivity index (χ2v) is 16.5. The van der Waals surface area contributed by atoms with Crippen LogP contribution in [0.25, 0.3) is 16.1 Å². The number of isothiocyanates is 1. The lowest BCUT2D eigenvalue weighted by atomic mass is 10.0. The van der Waals surface area contributed by atoms with E-state index in [0.717, 1.165) is 43.3 Å². The molecule has 368 valence electrons. The standard InChI is InChI=1S/C22H16F4N6O3S.C15H18FN3O4.C9H6N2S/c1-4-35-16-7-17(33)30-10-12(6-14(23)18(30)29-16)32-20(36)31(19(34)21(32,2)3)11-5-13(22(24,25)26)15(8-27)28-9-11;1-15(2,14(21)23-4)18-9-5-11(16)13-17-10(8-22-3)6-12(20)19(13)7-9;1-7-5-8(11-6-12)3-4-9(7)10-2/h5-7,9-10H,4H2,1-3H3;5-7,18H,8H2,1-4H3;3-5H,1H3. The largest absolute Gasteiger partial charge is 0.478 e. The Morgan fingerprint density at radius 3 is 2.21 bits per heavy atom. The Morgan fingerprint density at radius 2 is 1.62 bits per heavy atom. The van der Waals surface area contributed by atoms with Gasteiger partial charge in [0.25, 0.3) is 17.0 Å². The van der Waals surface area contributed by atoms with Crippen LogP contribution in [0.2, 0.25) is 0 Å². The van der Waals surface area contributed by atoms with E-state index in [1.54, 1.807) is 32.9 Å². The minimum Gasteiger partial charge on any atom is -0.478 e. The number of rotatable bonds is 10. The number of thiocarbonyl (C=S) groups is 2. The molecule has 6 aromatic rings. The number of nitriles is 1. The van der Waals surface area contributed by atoms with Gasteiger partial charge in [0.1, 0.15) is 17.1 Å². The number of aryl methyl sites for hydroxylation is 1. The highest BCUT2D eigenvalue weighted by Gasteiger charge is 2.51. The summed E-state index contributed by atoms with van der Waals surface area (Å²) in [7, 11) is 2.72. The monoisotopic (exact) mass is 1020 g/mol. The Kier molecular flexibility index (Phi) is 16.5. The average Bonchev–Trinajstić information content (AvgIpc) is 3.48. The SMILES string of the molecule is CCOc1cc(=O)n2cc(N3C(=S)N(c4cnc(C#N)c(C(F)(F)F)c4)C(=O)C3(C)C)cc(F)c2n1.COCc1cc(=O)n2cc(NC(C)(C)C(=O)OC)cc(F)c2n1.[C-]#[N+]c1ccc(N=C=S)cc1C. The van der Waals surface area contributed by atoms with Gasteiger partial charge in [-0.3, -0.25) is 28.1 Å². The fourth-order valence-electron chi connectivity index (χ4n) is 6.86. The van der Waals surface area contributed by atoms with Gasteiger partial charge in [-0.1, -0.05) is 6.07 Å². The van der Waals surface area contributed by atoms with Crippen LogP contribution in [0.15, 0.2) is 81.7 Å². The van der Waals surface area contributed by atoms with Gasteiger partial charge in [-0.25, -0.2) is 28.4 Å². The number of nitrogens with one attached hydrogen (secondary N) is 1. The highest BCUT2D eigenvalue weighted by atomic mass is 32.1. The molecule has 1 saturated heterocycles. The van der Waals surface area contributed by atoms with Gasteiger partial charge in [0.15, 0.2) is 39.4 Å². The number of carbonyl (C=O) groups is 2. The molecule has 0 atom stereocenters. The van der Waals surface area contributed by atoms with Crippen molar-refractivity contribution in [3.05, 3.63) is 133 Å². The van der Waals surface area contributed by atoms with Crippen LogP contribution in [0.3, 0.4) is 0 Å². The fourth-order valence-corrected chi connectivity index (χ4v) is 7.49. The van der Waals surface area contributed by atoms with Gasteiger partial charge < -0.3 is 24.4 Å². The smallest absolute Gasteiger partial charge is 0.419 e. The van der Waals surface area contributed by atoms with Crippen molar-refractivity contribution in [1.82, 2.24) is 23.8 Å². The number of nitrogens with zero attached hydrogens (tertiary/aromatic N) is 10. The molecule has 18 nitrogen and oxygen atoms in total. The summed E-state index contributed by atoms with van der Waals surface area (Å²) in [5, 5.41) is 13.8. The summed E-state index contributed by atoms with van der Waals surface area (Å²) in [6, 6.07) is 11.8. The molecule has 1 aliphatic heterocycles. The third-order valence-electron chi connectivity index (χ3n) is 10.1. The van der Waals surface area contributed by atoms with Crippen molar-refractivity contribution in [3.63, 3.8) is 0 Å². The van der Waals surface area contributed by atoms with E-state index in [1.165, 1.54) is 63.6 Å². The lowest BCUT2D eigenvalue weighted by Crippen LogP contribution is -2.44. The Hall–Kier alpha value is -8.09. The Balaban J connectivity index is 0.000000227. The van der Waals surface area contributed by atoms with Crippen LogP contribution in [-0.4, -0.2) is 77.8 Å². The molecule has 0 radical (unpaired) electrons. The van der Waals surface area contributed by atoms with Crippen molar-refractivity contribution in [2.24, 2.45) is 4.99 Å². The first-order valence-electron chi connectivity index (χ1n) is 20.5. The maximum atomic E-state index is 15.1. The highest BCUT2D eigenvalue weighted by Crippen LogP contribution is 2.39. The molecule has 0 unspecified atom stereocenters. The second-order valence-electron chi connectivity index (χ2n) is 15.9. The quantitative estimate of drug-likeness (QED) is 0.0454. The van der Waals surface area contributed by atoms with Crippen LogP contribution in [-0.2, 0) is 31.8 Å². The summed E-state index contributed by atoms with van der Waals surface area (Å²) in [6.07, 6.45) is -1.40. The van der Waals surface area contributed by atoms with Gasteiger partial charge in [0.2, 0.25) is 5.88 Å². The van der Waals surface area contributed by atoms with E-state index >= 15 is 4.39 Å². The average molecular weight is 1020 g/mol. The summed E-state index contributed by atoms with van der Waals surface area (Å²) < 4.78 is 86.5. The number of carbonyl (C=O) groups excluding carboxylic acids is 2. The number of alkyl halides is 3. The molecule has 1 aliphatic rings. The van der Waals surface area contributed by atoms with Crippen molar-refractivity contribution in [3.8, 4) is 11.9 Å². The first-order valence-corrected chi connectivity index (χ1v) is 21.3. The van der Waals surface area contributed by atoms with E-state index < -0.39 is 63.1 Å². The summed E-state index contributed by atoms with van der Waals surface area (Å²) in [4.78, 5) is 70.4. The molecule has 6 heterocycles. The maximum Gasteiger partial charge on any atom is 0.419 e. The number of ether oxygens (including phenoxy) is 3. The van der Waals surface area contributed by atoms with Crippen molar-refractivity contribution in [2.75, 3.05) is 35.9 Å². The molecule has 1 N–H and O–H groups in total. The number of halogens is 5. The third-order valence-corrected chi connectivity index (χ3v) is 10.6. The van der Waals surface area contributed by atoms with Gasteiger partial charge in [0.05, 0.1) is 78.3 Å². The Labute approximate surface area is 411 Å². The third kappa shape index (κ3) is 11.7. The molecule has 0 bridgehead atoms. The molecule has 0 saturated carbocycles. The zero-order valence-corrected chi connectivity index (χ0v) is 40.4. The predicted octanol–water partition coefficient (Wildman–Crippen LogP) is 8.06. The van der Waals surface area contributed by atoms with Crippen LogP contribution >= 0.6 is 24.4 Å². The van der Waals surface area contributed by atoms with Crippen LogP contribution in [0.1, 0.15) is 57.1 Å². The number of fused-ring (bicyclic) bond motifs is 2. The Morgan fingerprint density at radius 1 is 0.972 bits per heavy atom. The summed E-state index contributed by atoms with van der Waals surface area (Å²) >= 11 is 9.88. The normalized spacial score (nSPS) is 13.0. The summed E-state index contributed by atoms with van der Waals surface area (Å²) in [5.41, 5.74) is -3.76. The molecule has 0 spiro atoms. The predicted molar refractivity (Wildman–Crippen MR) is 257 cm³/mol. The van der Waals surface area contributed by atoms with E-state index in [-0.39, 0.29) is 52.6 Å². The molecule has 71 heavy (non-hydrogen) atoms. The van der Waals surface area contributed by atoms with Gasteiger partial charge >= 0.3 is 12.1 Å². The van der Waals surface area contributed by atoms with Crippen molar-refractivity contribution in [1.29, 1.82) is 5.26 Å². The number of methoxy groups -OCH3 is 2. The molecular weight excluding hydrogens is 978 g/mol. The first kappa shape index (κ1) is 53.9. The number of anilines is 3. The van der Waals surface area contributed by atoms with E-state index in [1.807, 2.05) is 13.0 Å². The highest BCUT2D eigenvalue weighted by molar-refractivity contribution is 7.81. The molecule has 1 aromatic carbocycles. The maximum absolute atomic E-state index is 15.1. The lowest BCUT2D eigenvalue weighted by molar-refractivity contribution is -0.144. The van der Waals surface area contributed by atoms with Crippen LogP contribution in [0.4, 0.5) is 50.4 Å². The first-order chi connectivity index (χ1) is 33.4. The van der Waals surface area contributed by atoms with E-state index in [2.05, 4.69) is 52.2 Å². The van der Waals surface area contributed by atoms with Crippen LogP contribution < -0.4 is 31.0 Å². The molecule has 1 amide bonds. The van der Waals surface area contributed by atoms with Crippen molar-refractivity contribution >= 4 is 86.3 Å². The number of hydrogen-bond acceptors (Lipinski definition) is 15. The van der Waals surface area contributed by atoms with E-state index in [0.29, 0.717) is 17.4 Å². The number of amides is 1. The van der Waals surface area contributed by atoms with E-state index in [4.69, 9.17) is 33.5 Å². The van der Waals surface area contributed by atoms with Crippen molar-refractivity contribution < 1.29 is 45.8 Å². The minimum absolute atomic E-state index is 0.0171. The molecule has 7 rings (SSSR count). The van der Waals surface area contributed by atoms with Gasteiger partial charge in [-0.2, -0.15) is 28.4 Å². The fraction of sp³-hybridized carbons (Fsp3) is 0.283. The van der Waals surface area contributed by atoms with Gasteiger partial charge in [0, 0.05) is 37.7 Å². The van der Waals surface area contributed by atoms with Gasteiger partial charge in [-0.05, 0) is 89.7 Å². The minimum atomic E-state index is -4.91. The molecular formula is C46H40F5N11O7S2. The number of benzene rings is 1. The molecule has 25 heteroatoms. The van der Waals surface area contributed by atoms with Crippen molar-refractivity contribution in [2.45, 2.75) is 65.4 Å². The Bertz CT molecular complexity index is 3360. The van der Waals surface area contributed by atoms with Gasteiger partial charge in [-0.15, -0.1) is 0 Å². The number of aliphatic imine (C=N–C) groups is 1. The second kappa shape index (κ2) is 21.7. The summed E-state index contributed by atoms with van der Waals surface area (Å²) in [5.74, 6) is -2.93. The van der Waals surface area contributed by atoms with Crippen LogP contribution in [0.5, 0.6) is 5.88 Å².